The van der Waals surface area contributed by atoms with Gasteiger partial charge in [0, 0.05) is 25.6 Å². The Kier molecular flexibility index (Phi) is 5.26. The quantitative estimate of drug-likeness (QED) is 0.828. The third-order valence-electron chi connectivity index (χ3n) is 4.20. The first-order valence-electron chi connectivity index (χ1n) is 6.65. The monoisotopic (exact) mass is 260 g/mol. The molecule has 3 nitrogen and oxygen atoms in total. The summed E-state index contributed by atoms with van der Waals surface area (Å²) in [6.07, 6.45) is 8.48. The van der Waals surface area contributed by atoms with Gasteiger partial charge >= 0.3 is 0 Å². The van der Waals surface area contributed by atoms with Gasteiger partial charge < -0.3 is 10.6 Å². The Balaban J connectivity index is 0.00000144. The molecule has 100 valence electrons. The molecule has 2 rings (SSSR count). The molecule has 1 spiro atoms. The minimum Gasteiger partial charge on any atom is -0.342 e. The summed E-state index contributed by atoms with van der Waals surface area (Å²) in [6.45, 7) is 3.87. The molecule has 1 saturated heterocycles. The van der Waals surface area contributed by atoms with E-state index in [0.717, 1.165) is 13.1 Å². The average Bonchev–Trinajstić information content (AvgIpc) is 2.62. The molecule has 17 heavy (non-hydrogen) atoms. The predicted molar refractivity (Wildman–Crippen MR) is 72.2 cm³/mol. The van der Waals surface area contributed by atoms with Crippen molar-refractivity contribution in [2.75, 3.05) is 13.1 Å². The lowest BCUT2D eigenvalue weighted by atomic mass is 9.73. The van der Waals surface area contributed by atoms with Gasteiger partial charge in [-0.2, -0.15) is 0 Å². The van der Waals surface area contributed by atoms with Crippen molar-refractivity contribution < 1.29 is 4.79 Å². The molecule has 2 aliphatic rings. The van der Waals surface area contributed by atoms with Gasteiger partial charge in [0.15, 0.2) is 0 Å². The van der Waals surface area contributed by atoms with E-state index in [1.165, 1.54) is 38.5 Å². The molecular formula is C13H25ClN2O. The van der Waals surface area contributed by atoms with Crippen LogP contribution in [0.4, 0.5) is 0 Å². The zero-order valence-corrected chi connectivity index (χ0v) is 11.6. The van der Waals surface area contributed by atoms with Crippen molar-refractivity contribution in [3.8, 4) is 0 Å². The van der Waals surface area contributed by atoms with Crippen molar-refractivity contribution in [2.24, 2.45) is 11.1 Å². The van der Waals surface area contributed by atoms with Gasteiger partial charge in [-0.1, -0.05) is 19.3 Å². The molecule has 1 heterocycles. The smallest absolute Gasteiger partial charge is 0.224 e. The number of amides is 1. The molecular weight excluding hydrogens is 236 g/mol. The zero-order valence-electron chi connectivity index (χ0n) is 10.8. The summed E-state index contributed by atoms with van der Waals surface area (Å²) in [7, 11) is 0. The number of nitrogens with two attached hydrogens (primary N) is 1. The molecule has 2 fully saturated rings. The van der Waals surface area contributed by atoms with Crippen molar-refractivity contribution in [3.05, 3.63) is 0 Å². The third kappa shape index (κ3) is 3.59. The topological polar surface area (TPSA) is 46.3 Å². The highest BCUT2D eigenvalue weighted by Gasteiger charge is 2.40. The van der Waals surface area contributed by atoms with Crippen molar-refractivity contribution in [1.82, 2.24) is 4.90 Å². The second kappa shape index (κ2) is 6.05. The zero-order chi connectivity index (χ0) is 11.6. The van der Waals surface area contributed by atoms with E-state index in [2.05, 4.69) is 4.90 Å². The molecule has 0 aromatic heterocycles. The van der Waals surface area contributed by atoms with Crippen LogP contribution < -0.4 is 5.73 Å². The molecule has 0 bridgehead atoms. The van der Waals surface area contributed by atoms with Gasteiger partial charge in [0.25, 0.3) is 0 Å². The molecule has 2 N–H and O–H groups in total. The number of halogens is 1. The molecule has 1 atom stereocenters. The van der Waals surface area contributed by atoms with Crippen LogP contribution >= 0.6 is 12.4 Å². The van der Waals surface area contributed by atoms with Crippen LogP contribution in [0.15, 0.2) is 0 Å². The van der Waals surface area contributed by atoms with E-state index in [9.17, 15) is 4.79 Å². The van der Waals surface area contributed by atoms with Gasteiger partial charge in [0.2, 0.25) is 5.91 Å². The number of likely N-dealkylation sites (tertiary alicyclic amines) is 1. The molecule has 1 aliphatic heterocycles. The van der Waals surface area contributed by atoms with E-state index in [1.54, 1.807) is 0 Å². The first-order chi connectivity index (χ1) is 7.61. The van der Waals surface area contributed by atoms with E-state index in [0.29, 0.717) is 11.8 Å². The van der Waals surface area contributed by atoms with Gasteiger partial charge in [-0.15, -0.1) is 12.4 Å². The summed E-state index contributed by atoms with van der Waals surface area (Å²) < 4.78 is 0. The van der Waals surface area contributed by atoms with E-state index in [-0.39, 0.29) is 24.4 Å². The normalized spacial score (nSPS) is 24.5. The summed E-state index contributed by atoms with van der Waals surface area (Å²) in [5.74, 6) is 0.262. The Morgan fingerprint density at radius 2 is 1.94 bits per heavy atom. The minimum atomic E-state index is -0.00425. The maximum atomic E-state index is 11.9. The largest absolute Gasteiger partial charge is 0.342 e. The summed E-state index contributed by atoms with van der Waals surface area (Å²) in [6, 6.07) is -0.00425. The molecule has 0 aromatic carbocycles. The van der Waals surface area contributed by atoms with Crippen LogP contribution in [0.2, 0.25) is 0 Å². The van der Waals surface area contributed by atoms with E-state index >= 15 is 0 Å². The molecule has 0 aromatic rings. The number of hydrogen-bond donors (Lipinski definition) is 1. The van der Waals surface area contributed by atoms with Crippen LogP contribution in [0.25, 0.3) is 0 Å². The molecule has 0 radical (unpaired) electrons. The van der Waals surface area contributed by atoms with Gasteiger partial charge in [-0.25, -0.2) is 0 Å². The van der Waals surface area contributed by atoms with Gasteiger partial charge in [0.1, 0.15) is 0 Å². The van der Waals surface area contributed by atoms with E-state index in [1.807, 2.05) is 6.92 Å². The fraction of sp³-hybridized carbons (Fsp3) is 0.923. The van der Waals surface area contributed by atoms with E-state index in [4.69, 9.17) is 5.73 Å². The summed E-state index contributed by atoms with van der Waals surface area (Å²) in [5, 5.41) is 0. The number of carbonyl (C=O) groups excluding carboxylic acids is 1. The predicted octanol–water partition coefficient (Wildman–Crippen LogP) is 2.33. The molecule has 1 saturated carbocycles. The number of nitrogens with zero attached hydrogens (tertiary/aromatic N) is 1. The summed E-state index contributed by atoms with van der Waals surface area (Å²) in [4.78, 5) is 14.0. The van der Waals surface area contributed by atoms with Gasteiger partial charge in [0.05, 0.1) is 0 Å². The first-order valence-corrected chi connectivity index (χ1v) is 6.65. The molecule has 1 aliphatic carbocycles. The lowest BCUT2D eigenvalue weighted by Gasteiger charge is -2.33. The highest BCUT2D eigenvalue weighted by molar-refractivity contribution is 5.85. The van der Waals surface area contributed by atoms with Gasteiger partial charge in [-0.3, -0.25) is 4.79 Å². The first kappa shape index (κ1) is 14.8. The number of rotatable bonds is 2. The maximum absolute atomic E-state index is 11.9. The van der Waals surface area contributed by atoms with Gasteiger partial charge in [-0.05, 0) is 31.6 Å². The van der Waals surface area contributed by atoms with Crippen LogP contribution in [0.1, 0.15) is 51.9 Å². The standard InChI is InChI=1S/C13H24N2O.ClH/c1-11(14)9-12(16)15-8-7-13(10-15)5-3-2-4-6-13;/h11H,2-10,14H2,1H3;1H. The Morgan fingerprint density at radius 3 is 2.53 bits per heavy atom. The van der Waals surface area contributed by atoms with Crippen molar-refractivity contribution in [2.45, 2.75) is 57.9 Å². The Labute approximate surface area is 111 Å². The second-order valence-corrected chi connectivity index (χ2v) is 5.81. The Morgan fingerprint density at radius 1 is 1.29 bits per heavy atom. The van der Waals surface area contributed by atoms with Crippen LogP contribution in [-0.2, 0) is 4.79 Å². The Bertz CT molecular complexity index is 262. The van der Waals surface area contributed by atoms with E-state index < -0.39 is 0 Å². The summed E-state index contributed by atoms with van der Waals surface area (Å²) >= 11 is 0. The second-order valence-electron chi connectivity index (χ2n) is 5.81. The van der Waals surface area contributed by atoms with Crippen LogP contribution in [0.5, 0.6) is 0 Å². The van der Waals surface area contributed by atoms with Crippen molar-refractivity contribution in [3.63, 3.8) is 0 Å². The fourth-order valence-electron chi connectivity index (χ4n) is 3.26. The molecule has 1 unspecified atom stereocenters. The molecule has 1 amide bonds. The SMILES string of the molecule is CC(N)CC(=O)N1CCC2(CCCCC2)C1.Cl. The maximum Gasteiger partial charge on any atom is 0.224 e. The third-order valence-corrected chi connectivity index (χ3v) is 4.20. The minimum absolute atomic E-state index is 0. The lowest BCUT2D eigenvalue weighted by Crippen LogP contribution is -2.35. The van der Waals surface area contributed by atoms with Crippen LogP contribution in [0.3, 0.4) is 0 Å². The van der Waals surface area contributed by atoms with Crippen molar-refractivity contribution >= 4 is 18.3 Å². The number of carbonyl (C=O) groups is 1. The molecule has 4 heteroatoms. The average molecular weight is 261 g/mol. The highest BCUT2D eigenvalue weighted by Crippen LogP contribution is 2.43. The number of hydrogen-bond acceptors (Lipinski definition) is 2. The Hall–Kier alpha value is -0.280. The summed E-state index contributed by atoms with van der Waals surface area (Å²) in [5.41, 5.74) is 6.16. The van der Waals surface area contributed by atoms with Crippen molar-refractivity contribution in [1.29, 1.82) is 0 Å². The fourth-order valence-corrected chi connectivity index (χ4v) is 3.26. The lowest BCUT2D eigenvalue weighted by molar-refractivity contribution is -0.130. The van der Waals surface area contributed by atoms with Crippen LogP contribution in [-0.4, -0.2) is 29.9 Å². The van der Waals surface area contributed by atoms with Crippen LogP contribution in [0, 0.1) is 5.41 Å². The highest BCUT2D eigenvalue weighted by atomic mass is 35.5.